The lowest BCUT2D eigenvalue weighted by Gasteiger charge is -2.18. The van der Waals surface area contributed by atoms with Gasteiger partial charge in [0.2, 0.25) is 0 Å². The van der Waals surface area contributed by atoms with Crippen LogP contribution >= 0.6 is 34.8 Å². The fraction of sp³-hybridized carbons (Fsp3) is 0.188. The van der Waals surface area contributed by atoms with Crippen molar-refractivity contribution >= 4 is 46.4 Å². The first-order valence-corrected chi connectivity index (χ1v) is 7.81. The molecule has 1 amide bonds. The van der Waals surface area contributed by atoms with Crippen molar-refractivity contribution in [1.82, 2.24) is 0 Å². The van der Waals surface area contributed by atoms with Gasteiger partial charge < -0.3 is 10.1 Å². The first-order chi connectivity index (χ1) is 10.5. The van der Waals surface area contributed by atoms with Crippen molar-refractivity contribution in [1.29, 1.82) is 0 Å². The maximum Gasteiger partial charge on any atom is 0.265 e. The lowest BCUT2D eigenvalue weighted by atomic mass is 10.2. The van der Waals surface area contributed by atoms with E-state index in [2.05, 4.69) is 5.32 Å². The Labute approximate surface area is 144 Å². The topological polar surface area (TPSA) is 38.3 Å². The highest BCUT2D eigenvalue weighted by atomic mass is 35.5. The Kier molecular flexibility index (Phi) is 5.95. The molecule has 1 unspecified atom stereocenters. The van der Waals surface area contributed by atoms with Crippen LogP contribution in [0.3, 0.4) is 0 Å². The Balaban J connectivity index is 2.11. The highest BCUT2D eigenvalue weighted by molar-refractivity contribution is 6.44. The molecule has 0 radical (unpaired) electrons. The van der Waals surface area contributed by atoms with Gasteiger partial charge in [0.1, 0.15) is 5.75 Å². The van der Waals surface area contributed by atoms with Gasteiger partial charge in [-0.3, -0.25) is 4.79 Å². The highest BCUT2D eigenvalue weighted by Gasteiger charge is 2.20. The average molecular weight is 359 g/mol. The van der Waals surface area contributed by atoms with Gasteiger partial charge in [-0.25, -0.2) is 0 Å². The number of carbonyl (C=O) groups is 1. The molecule has 6 heteroatoms. The molecular weight excluding hydrogens is 345 g/mol. The monoisotopic (exact) mass is 357 g/mol. The fourth-order valence-electron chi connectivity index (χ4n) is 1.82. The van der Waals surface area contributed by atoms with Crippen LogP contribution in [0.4, 0.5) is 5.69 Å². The molecule has 2 rings (SSSR count). The summed E-state index contributed by atoms with van der Waals surface area (Å²) in [5, 5.41) is 3.68. The summed E-state index contributed by atoms with van der Waals surface area (Å²) in [7, 11) is 0. The second kappa shape index (κ2) is 7.73. The number of benzene rings is 2. The van der Waals surface area contributed by atoms with E-state index in [0.717, 1.165) is 0 Å². The summed E-state index contributed by atoms with van der Waals surface area (Å²) in [6, 6.07) is 12.2. The van der Waals surface area contributed by atoms with E-state index in [9.17, 15) is 4.79 Å². The van der Waals surface area contributed by atoms with Crippen molar-refractivity contribution in [3.63, 3.8) is 0 Å². The summed E-state index contributed by atoms with van der Waals surface area (Å²) >= 11 is 17.9. The summed E-state index contributed by atoms with van der Waals surface area (Å²) in [6.45, 7) is 1.86. The van der Waals surface area contributed by atoms with E-state index in [-0.39, 0.29) is 5.91 Å². The van der Waals surface area contributed by atoms with E-state index in [1.54, 1.807) is 12.1 Å². The van der Waals surface area contributed by atoms with Crippen molar-refractivity contribution < 1.29 is 9.53 Å². The molecular formula is C16H14Cl3NO2. The van der Waals surface area contributed by atoms with E-state index >= 15 is 0 Å². The van der Waals surface area contributed by atoms with Crippen LogP contribution in [0.1, 0.15) is 13.3 Å². The van der Waals surface area contributed by atoms with Crippen LogP contribution in [0.25, 0.3) is 0 Å². The molecule has 1 N–H and O–H groups in total. The maximum atomic E-state index is 12.3. The van der Waals surface area contributed by atoms with Gasteiger partial charge in [0.25, 0.3) is 5.91 Å². The Morgan fingerprint density at radius 3 is 2.36 bits per heavy atom. The van der Waals surface area contributed by atoms with Gasteiger partial charge in [-0.2, -0.15) is 0 Å². The molecule has 0 spiro atoms. The van der Waals surface area contributed by atoms with Crippen molar-refractivity contribution in [2.24, 2.45) is 0 Å². The first kappa shape index (κ1) is 16.9. The number of amides is 1. The first-order valence-electron chi connectivity index (χ1n) is 6.68. The van der Waals surface area contributed by atoms with E-state index in [0.29, 0.717) is 32.9 Å². The Morgan fingerprint density at radius 2 is 1.73 bits per heavy atom. The number of carbonyl (C=O) groups excluding carboxylic acids is 1. The van der Waals surface area contributed by atoms with Crippen LogP contribution in [0.15, 0.2) is 42.5 Å². The van der Waals surface area contributed by atoms with Crippen LogP contribution in [0.2, 0.25) is 15.1 Å². The molecule has 2 aromatic carbocycles. The molecule has 0 saturated carbocycles. The minimum absolute atomic E-state index is 0.299. The lowest BCUT2D eigenvalue weighted by molar-refractivity contribution is -0.122. The van der Waals surface area contributed by atoms with Crippen LogP contribution in [-0.2, 0) is 4.79 Å². The molecule has 0 aliphatic heterocycles. The van der Waals surface area contributed by atoms with E-state index in [4.69, 9.17) is 39.5 Å². The third-order valence-electron chi connectivity index (χ3n) is 2.95. The summed E-state index contributed by atoms with van der Waals surface area (Å²) in [5.41, 5.74) is 0.399. The summed E-state index contributed by atoms with van der Waals surface area (Å²) in [6.07, 6.45) is -0.118. The summed E-state index contributed by atoms with van der Waals surface area (Å²) < 4.78 is 5.68. The number of nitrogens with one attached hydrogen (secondary N) is 1. The quantitative estimate of drug-likeness (QED) is 0.722. The zero-order chi connectivity index (χ0) is 16.1. The molecule has 0 bridgehead atoms. The molecule has 3 nitrogen and oxygen atoms in total. The van der Waals surface area contributed by atoms with Gasteiger partial charge in [-0.05, 0) is 30.7 Å². The van der Waals surface area contributed by atoms with Crippen LogP contribution in [-0.4, -0.2) is 12.0 Å². The molecule has 1 atom stereocenters. The number of anilines is 1. The standard InChI is InChI=1S/C16H14Cl3NO2/c1-2-15(22-10-6-4-3-5-7-10)16(21)20-14-9-12(18)11(17)8-13(14)19/h3-9,15H,2H2,1H3,(H,20,21). The normalized spacial score (nSPS) is 11.8. The van der Waals surface area contributed by atoms with Crippen molar-refractivity contribution in [2.75, 3.05) is 5.32 Å². The number of hydrogen-bond acceptors (Lipinski definition) is 2. The second-order valence-electron chi connectivity index (χ2n) is 4.56. The third kappa shape index (κ3) is 4.29. The smallest absolute Gasteiger partial charge is 0.265 e. The zero-order valence-electron chi connectivity index (χ0n) is 11.8. The highest BCUT2D eigenvalue weighted by Crippen LogP contribution is 2.32. The molecule has 22 heavy (non-hydrogen) atoms. The maximum absolute atomic E-state index is 12.3. The van der Waals surface area contributed by atoms with Crippen molar-refractivity contribution in [3.05, 3.63) is 57.5 Å². The number of rotatable bonds is 5. The van der Waals surface area contributed by atoms with Gasteiger partial charge in [-0.15, -0.1) is 0 Å². The van der Waals surface area contributed by atoms with Gasteiger partial charge in [0.15, 0.2) is 6.10 Å². The van der Waals surface area contributed by atoms with Crippen LogP contribution in [0.5, 0.6) is 5.75 Å². The molecule has 0 aliphatic rings. The zero-order valence-corrected chi connectivity index (χ0v) is 14.0. The molecule has 0 saturated heterocycles. The second-order valence-corrected chi connectivity index (χ2v) is 5.78. The van der Waals surface area contributed by atoms with Crippen molar-refractivity contribution in [3.8, 4) is 5.75 Å². The van der Waals surface area contributed by atoms with E-state index < -0.39 is 6.10 Å². The number of hydrogen-bond donors (Lipinski definition) is 1. The number of ether oxygens (including phenoxy) is 1. The molecule has 2 aromatic rings. The van der Waals surface area contributed by atoms with Crippen LogP contribution < -0.4 is 10.1 Å². The number of halogens is 3. The Morgan fingerprint density at radius 1 is 1.09 bits per heavy atom. The molecule has 0 fully saturated rings. The molecule has 116 valence electrons. The predicted molar refractivity (Wildman–Crippen MR) is 91.3 cm³/mol. The lowest BCUT2D eigenvalue weighted by Crippen LogP contribution is -2.32. The molecule has 0 aliphatic carbocycles. The SMILES string of the molecule is CCC(Oc1ccccc1)C(=O)Nc1cc(Cl)c(Cl)cc1Cl. The molecule has 0 heterocycles. The van der Waals surface area contributed by atoms with Crippen LogP contribution in [0, 0.1) is 0 Å². The minimum Gasteiger partial charge on any atom is -0.481 e. The van der Waals surface area contributed by atoms with Crippen molar-refractivity contribution in [2.45, 2.75) is 19.4 Å². The number of para-hydroxylation sites is 1. The average Bonchev–Trinajstić information content (AvgIpc) is 2.51. The Hall–Kier alpha value is -1.42. The summed E-state index contributed by atoms with van der Waals surface area (Å²) in [5.74, 6) is 0.330. The minimum atomic E-state index is -0.632. The fourth-order valence-corrected chi connectivity index (χ4v) is 2.41. The molecule has 0 aromatic heterocycles. The van der Waals surface area contributed by atoms with Gasteiger partial charge in [0.05, 0.1) is 20.8 Å². The predicted octanol–water partition coefficient (Wildman–Crippen LogP) is 5.44. The largest absolute Gasteiger partial charge is 0.481 e. The third-order valence-corrected chi connectivity index (χ3v) is 3.99. The van der Waals surface area contributed by atoms with Gasteiger partial charge in [-0.1, -0.05) is 59.9 Å². The van der Waals surface area contributed by atoms with Gasteiger partial charge in [0, 0.05) is 0 Å². The Bertz CT molecular complexity index is 662. The van der Waals surface area contributed by atoms with E-state index in [1.807, 2.05) is 25.1 Å². The summed E-state index contributed by atoms with van der Waals surface area (Å²) in [4.78, 5) is 12.3. The van der Waals surface area contributed by atoms with Gasteiger partial charge >= 0.3 is 0 Å². The van der Waals surface area contributed by atoms with E-state index in [1.165, 1.54) is 12.1 Å².